The van der Waals surface area contributed by atoms with E-state index in [9.17, 15) is 0 Å². The summed E-state index contributed by atoms with van der Waals surface area (Å²) in [5, 5.41) is 3.30. The van der Waals surface area contributed by atoms with Crippen molar-refractivity contribution in [2.45, 2.75) is 20.3 Å². The summed E-state index contributed by atoms with van der Waals surface area (Å²) in [6.07, 6.45) is 2.88. The smallest absolute Gasteiger partial charge is 0.148 e. The zero-order chi connectivity index (χ0) is 12.0. The Labute approximate surface area is 101 Å². The van der Waals surface area contributed by atoms with E-state index in [0.29, 0.717) is 5.82 Å². The lowest BCUT2D eigenvalue weighted by molar-refractivity contribution is 0.925. The van der Waals surface area contributed by atoms with Crippen LogP contribution in [-0.4, -0.2) is 28.5 Å². The molecule has 0 bridgehead atoms. The van der Waals surface area contributed by atoms with E-state index in [1.807, 2.05) is 13.8 Å². The Balaban J connectivity index is 2.88. The molecule has 0 radical (unpaired) electrons. The first kappa shape index (κ1) is 13.1. The third-order valence-corrected chi connectivity index (χ3v) is 2.86. The van der Waals surface area contributed by atoms with Gasteiger partial charge in [0.05, 0.1) is 0 Å². The molecule has 0 spiro atoms. The van der Waals surface area contributed by atoms with E-state index in [-0.39, 0.29) is 0 Å². The molecule has 0 amide bonds. The summed E-state index contributed by atoms with van der Waals surface area (Å²) >= 11 is 1.80. The maximum atomic E-state index is 5.43. The normalized spacial score (nSPS) is 10.2. The second kappa shape index (κ2) is 6.55. The molecule has 0 fully saturated rings. The van der Waals surface area contributed by atoms with Gasteiger partial charge in [0.15, 0.2) is 0 Å². The first-order valence-electron chi connectivity index (χ1n) is 5.29. The SMILES string of the molecule is CCc1nc(NN)c(C)c(NCCSC)n1. The summed E-state index contributed by atoms with van der Waals surface area (Å²) < 4.78 is 0. The fourth-order valence-electron chi connectivity index (χ4n) is 1.31. The molecule has 1 heterocycles. The lowest BCUT2D eigenvalue weighted by Crippen LogP contribution is -2.15. The van der Waals surface area contributed by atoms with E-state index < -0.39 is 0 Å². The van der Waals surface area contributed by atoms with Gasteiger partial charge in [-0.05, 0) is 13.2 Å². The maximum Gasteiger partial charge on any atom is 0.148 e. The highest BCUT2D eigenvalue weighted by molar-refractivity contribution is 7.98. The van der Waals surface area contributed by atoms with E-state index in [0.717, 1.165) is 35.9 Å². The van der Waals surface area contributed by atoms with Crippen molar-refractivity contribution >= 4 is 23.4 Å². The van der Waals surface area contributed by atoms with Gasteiger partial charge in [0.25, 0.3) is 0 Å². The average molecular weight is 241 g/mol. The van der Waals surface area contributed by atoms with Crippen molar-refractivity contribution in [2.75, 3.05) is 29.3 Å². The van der Waals surface area contributed by atoms with E-state index in [1.165, 1.54) is 0 Å². The number of anilines is 2. The van der Waals surface area contributed by atoms with Crippen LogP contribution in [0.3, 0.4) is 0 Å². The van der Waals surface area contributed by atoms with Crippen LogP contribution in [0.25, 0.3) is 0 Å². The molecule has 5 nitrogen and oxygen atoms in total. The van der Waals surface area contributed by atoms with Gasteiger partial charge in [-0.2, -0.15) is 11.8 Å². The van der Waals surface area contributed by atoms with Gasteiger partial charge in [0, 0.05) is 24.3 Å². The van der Waals surface area contributed by atoms with Crippen LogP contribution in [0.2, 0.25) is 0 Å². The molecule has 0 unspecified atom stereocenters. The van der Waals surface area contributed by atoms with Crippen molar-refractivity contribution in [2.24, 2.45) is 5.84 Å². The number of aromatic nitrogens is 2. The molecule has 0 aliphatic carbocycles. The standard InChI is InChI=1S/C10H19N5S/c1-4-8-13-9(12-5-6-16-3)7(2)10(14-8)15-11/h4-6,11H2,1-3H3,(H2,12,13,14,15). The number of nitrogen functional groups attached to an aromatic ring is 1. The minimum absolute atomic E-state index is 0.693. The monoisotopic (exact) mass is 241 g/mol. The number of aryl methyl sites for hydroxylation is 1. The number of nitrogens with two attached hydrogens (primary N) is 1. The van der Waals surface area contributed by atoms with Gasteiger partial charge < -0.3 is 10.7 Å². The molecule has 0 aliphatic heterocycles. The highest BCUT2D eigenvalue weighted by Gasteiger charge is 2.08. The van der Waals surface area contributed by atoms with Crippen LogP contribution in [0, 0.1) is 6.92 Å². The van der Waals surface area contributed by atoms with Crippen LogP contribution in [0.5, 0.6) is 0 Å². The summed E-state index contributed by atoms with van der Waals surface area (Å²) in [4.78, 5) is 8.75. The van der Waals surface area contributed by atoms with E-state index in [2.05, 4.69) is 27.0 Å². The predicted molar refractivity (Wildman–Crippen MR) is 70.8 cm³/mol. The van der Waals surface area contributed by atoms with Gasteiger partial charge in [-0.25, -0.2) is 15.8 Å². The Morgan fingerprint density at radius 3 is 2.56 bits per heavy atom. The van der Waals surface area contributed by atoms with Crippen molar-refractivity contribution in [3.63, 3.8) is 0 Å². The third-order valence-electron chi connectivity index (χ3n) is 2.24. The van der Waals surface area contributed by atoms with Gasteiger partial charge >= 0.3 is 0 Å². The summed E-state index contributed by atoms with van der Waals surface area (Å²) in [7, 11) is 0. The molecule has 1 aromatic heterocycles. The van der Waals surface area contributed by atoms with Gasteiger partial charge in [0.1, 0.15) is 17.5 Å². The molecule has 6 heteroatoms. The molecule has 0 saturated carbocycles. The minimum Gasteiger partial charge on any atom is -0.369 e. The summed E-state index contributed by atoms with van der Waals surface area (Å²) in [6, 6.07) is 0. The molecule has 0 saturated heterocycles. The fraction of sp³-hybridized carbons (Fsp3) is 0.600. The van der Waals surface area contributed by atoms with Gasteiger partial charge in [-0.3, -0.25) is 0 Å². The zero-order valence-electron chi connectivity index (χ0n) is 10.0. The maximum absolute atomic E-state index is 5.43. The van der Waals surface area contributed by atoms with Crippen LogP contribution in [0.1, 0.15) is 18.3 Å². The van der Waals surface area contributed by atoms with Crippen LogP contribution in [0.15, 0.2) is 0 Å². The quantitative estimate of drug-likeness (QED) is 0.397. The molecule has 16 heavy (non-hydrogen) atoms. The predicted octanol–water partition coefficient (Wildman–Crippen LogP) is 1.41. The largest absolute Gasteiger partial charge is 0.369 e. The molecule has 0 aromatic carbocycles. The number of hydrazine groups is 1. The lowest BCUT2D eigenvalue weighted by atomic mass is 10.3. The van der Waals surface area contributed by atoms with E-state index in [1.54, 1.807) is 11.8 Å². The number of hydrogen-bond acceptors (Lipinski definition) is 6. The summed E-state index contributed by atoms with van der Waals surface area (Å²) in [6.45, 7) is 4.87. The highest BCUT2D eigenvalue weighted by Crippen LogP contribution is 2.19. The van der Waals surface area contributed by atoms with Crippen LogP contribution in [0.4, 0.5) is 11.6 Å². The minimum atomic E-state index is 0.693. The van der Waals surface area contributed by atoms with Crippen LogP contribution >= 0.6 is 11.8 Å². The molecule has 1 aromatic rings. The molecule has 1 rings (SSSR count). The van der Waals surface area contributed by atoms with Crippen molar-refractivity contribution < 1.29 is 0 Å². The van der Waals surface area contributed by atoms with Gasteiger partial charge in [-0.15, -0.1) is 0 Å². The number of thioether (sulfide) groups is 1. The fourth-order valence-corrected chi connectivity index (χ4v) is 1.61. The van der Waals surface area contributed by atoms with E-state index >= 15 is 0 Å². The van der Waals surface area contributed by atoms with Crippen molar-refractivity contribution in [3.05, 3.63) is 11.4 Å². The molecule has 4 N–H and O–H groups in total. The van der Waals surface area contributed by atoms with Crippen molar-refractivity contribution in [1.82, 2.24) is 9.97 Å². The second-order valence-electron chi connectivity index (χ2n) is 3.38. The Hall–Kier alpha value is -1.01. The molecule has 0 atom stereocenters. The number of nitrogens with one attached hydrogen (secondary N) is 2. The Morgan fingerprint density at radius 1 is 1.31 bits per heavy atom. The Bertz CT molecular complexity index is 342. The third kappa shape index (κ3) is 3.24. The zero-order valence-corrected chi connectivity index (χ0v) is 10.8. The summed E-state index contributed by atoms with van der Waals surface area (Å²) in [5.74, 6) is 8.84. The average Bonchev–Trinajstić information content (AvgIpc) is 2.31. The Kier molecular flexibility index (Phi) is 5.34. The number of hydrogen-bond donors (Lipinski definition) is 3. The van der Waals surface area contributed by atoms with Crippen LogP contribution < -0.4 is 16.6 Å². The molecular formula is C10H19N5S. The van der Waals surface area contributed by atoms with Gasteiger partial charge in [-0.1, -0.05) is 6.92 Å². The number of rotatable bonds is 6. The Morgan fingerprint density at radius 2 is 2.00 bits per heavy atom. The number of nitrogens with zero attached hydrogens (tertiary/aromatic N) is 2. The summed E-state index contributed by atoms with van der Waals surface area (Å²) in [5.41, 5.74) is 3.56. The first-order chi connectivity index (χ1) is 7.72. The molecule has 0 aliphatic rings. The molecule has 90 valence electrons. The topological polar surface area (TPSA) is 75.9 Å². The first-order valence-corrected chi connectivity index (χ1v) is 6.69. The van der Waals surface area contributed by atoms with Gasteiger partial charge in [0.2, 0.25) is 0 Å². The highest BCUT2D eigenvalue weighted by atomic mass is 32.2. The van der Waals surface area contributed by atoms with Crippen molar-refractivity contribution in [3.8, 4) is 0 Å². The molecular weight excluding hydrogens is 222 g/mol. The lowest BCUT2D eigenvalue weighted by Gasteiger charge is -2.12. The second-order valence-corrected chi connectivity index (χ2v) is 4.37. The van der Waals surface area contributed by atoms with Crippen molar-refractivity contribution in [1.29, 1.82) is 0 Å². The van der Waals surface area contributed by atoms with E-state index in [4.69, 9.17) is 5.84 Å². The van der Waals surface area contributed by atoms with Crippen LogP contribution in [-0.2, 0) is 6.42 Å².